The minimum Gasteiger partial charge on any atom is -0.394 e. The molecule has 8 heteroatoms. The van der Waals surface area contributed by atoms with Crippen molar-refractivity contribution in [2.24, 2.45) is 17.8 Å². The number of fused-ring (bicyclic) bond motifs is 1. The van der Waals surface area contributed by atoms with Crippen molar-refractivity contribution >= 4 is 17.7 Å². The van der Waals surface area contributed by atoms with Crippen molar-refractivity contribution < 1.29 is 24.2 Å². The third kappa shape index (κ3) is 3.14. The van der Waals surface area contributed by atoms with Crippen LogP contribution in [0.2, 0.25) is 0 Å². The van der Waals surface area contributed by atoms with Gasteiger partial charge in [-0.2, -0.15) is 0 Å². The van der Waals surface area contributed by atoms with E-state index in [1.54, 1.807) is 7.05 Å². The Morgan fingerprint density at radius 3 is 2.57 bits per heavy atom. The van der Waals surface area contributed by atoms with E-state index in [2.05, 4.69) is 17.6 Å². The molecular formula is C22H37N3O5. The van der Waals surface area contributed by atoms with Crippen LogP contribution in [0.4, 0.5) is 0 Å². The highest BCUT2D eigenvalue weighted by Gasteiger charge is 2.80. The predicted molar refractivity (Wildman–Crippen MR) is 111 cm³/mol. The number of likely N-dealkylation sites (tertiary alicyclic amines) is 1. The molecule has 0 aromatic carbocycles. The molecule has 0 radical (unpaired) electrons. The highest BCUT2D eigenvalue weighted by molar-refractivity contribution is 5.99. The van der Waals surface area contributed by atoms with Crippen molar-refractivity contribution in [2.75, 3.05) is 20.2 Å². The van der Waals surface area contributed by atoms with Crippen LogP contribution in [0.1, 0.15) is 59.8 Å². The van der Waals surface area contributed by atoms with E-state index in [0.717, 1.165) is 19.3 Å². The molecular weight excluding hydrogens is 386 g/mol. The number of nitrogens with zero attached hydrogens (tertiary/aromatic N) is 1. The lowest BCUT2D eigenvalue weighted by Crippen LogP contribution is -2.58. The number of aliphatic hydroxyl groups excluding tert-OH is 1. The third-order valence-electron chi connectivity index (χ3n) is 7.68. The van der Waals surface area contributed by atoms with Gasteiger partial charge in [0.2, 0.25) is 17.7 Å². The molecule has 7 atom stereocenters. The number of nitrogens with one attached hydrogen (secondary N) is 2. The van der Waals surface area contributed by atoms with Crippen molar-refractivity contribution in [3.05, 3.63) is 0 Å². The molecule has 3 fully saturated rings. The quantitative estimate of drug-likeness (QED) is 0.476. The summed E-state index contributed by atoms with van der Waals surface area (Å²) < 4.78 is 6.55. The lowest BCUT2D eigenvalue weighted by Gasteiger charge is -2.36. The monoisotopic (exact) mass is 423 g/mol. The Hall–Kier alpha value is -1.67. The van der Waals surface area contributed by atoms with E-state index in [1.165, 1.54) is 4.90 Å². The Bertz CT molecular complexity index is 696. The molecule has 3 saturated heterocycles. The van der Waals surface area contributed by atoms with Gasteiger partial charge < -0.3 is 25.4 Å². The average Bonchev–Trinajstić information content (AvgIpc) is 3.23. The van der Waals surface area contributed by atoms with Gasteiger partial charge in [0.05, 0.1) is 30.1 Å². The van der Waals surface area contributed by atoms with E-state index in [4.69, 9.17) is 4.74 Å². The highest BCUT2D eigenvalue weighted by Crippen LogP contribution is 2.65. The summed E-state index contributed by atoms with van der Waals surface area (Å²) >= 11 is 0. The molecule has 1 spiro atoms. The normalized spacial score (nSPS) is 37.9. The van der Waals surface area contributed by atoms with Crippen molar-refractivity contribution in [1.29, 1.82) is 0 Å². The molecule has 3 aliphatic heterocycles. The fourth-order valence-electron chi connectivity index (χ4n) is 6.02. The van der Waals surface area contributed by atoms with Crippen molar-refractivity contribution in [3.63, 3.8) is 0 Å². The number of unbranched alkanes of at least 4 members (excludes halogenated alkanes) is 2. The molecule has 3 unspecified atom stereocenters. The predicted octanol–water partition coefficient (Wildman–Crippen LogP) is 0.820. The molecule has 8 nitrogen and oxygen atoms in total. The van der Waals surface area contributed by atoms with Crippen LogP contribution in [0.15, 0.2) is 0 Å². The van der Waals surface area contributed by atoms with Crippen molar-refractivity contribution in [3.8, 4) is 0 Å². The van der Waals surface area contributed by atoms with E-state index >= 15 is 0 Å². The summed E-state index contributed by atoms with van der Waals surface area (Å²) in [4.78, 5) is 41.5. The number of ether oxygens (including phenoxy) is 1. The molecule has 2 bridgehead atoms. The summed E-state index contributed by atoms with van der Waals surface area (Å²) in [5.74, 6) is -2.09. The van der Waals surface area contributed by atoms with Gasteiger partial charge in [-0.3, -0.25) is 14.4 Å². The van der Waals surface area contributed by atoms with Crippen LogP contribution in [-0.2, 0) is 19.1 Å². The molecule has 3 heterocycles. The molecule has 170 valence electrons. The summed E-state index contributed by atoms with van der Waals surface area (Å²) in [6, 6.07) is -1.33. The van der Waals surface area contributed by atoms with E-state index in [0.29, 0.717) is 19.4 Å². The van der Waals surface area contributed by atoms with Crippen LogP contribution in [0, 0.1) is 17.8 Å². The molecule has 3 amide bonds. The number of hydrogen-bond acceptors (Lipinski definition) is 5. The summed E-state index contributed by atoms with van der Waals surface area (Å²) in [6.07, 6.45) is 3.98. The topological polar surface area (TPSA) is 108 Å². The number of hydrogen-bond donors (Lipinski definition) is 3. The van der Waals surface area contributed by atoms with Gasteiger partial charge >= 0.3 is 0 Å². The molecule has 3 N–H and O–H groups in total. The van der Waals surface area contributed by atoms with Gasteiger partial charge in [-0.15, -0.1) is 0 Å². The van der Waals surface area contributed by atoms with Crippen LogP contribution in [0.25, 0.3) is 0 Å². The second-order valence-electron chi connectivity index (χ2n) is 9.31. The first-order valence-corrected chi connectivity index (χ1v) is 11.4. The maximum atomic E-state index is 13.7. The van der Waals surface area contributed by atoms with Crippen LogP contribution < -0.4 is 10.6 Å². The molecule has 0 aromatic rings. The second-order valence-corrected chi connectivity index (χ2v) is 9.31. The Kier molecular flexibility index (Phi) is 6.49. The first-order chi connectivity index (χ1) is 14.2. The highest BCUT2D eigenvalue weighted by atomic mass is 16.5. The number of amides is 3. The van der Waals surface area contributed by atoms with Crippen molar-refractivity contribution in [1.82, 2.24) is 15.5 Å². The molecule has 3 rings (SSSR count). The summed E-state index contributed by atoms with van der Waals surface area (Å²) in [5.41, 5.74) is -1.84. The van der Waals surface area contributed by atoms with Crippen LogP contribution in [0.3, 0.4) is 0 Å². The Balaban J connectivity index is 2.03. The fourth-order valence-corrected chi connectivity index (χ4v) is 6.02. The number of carbonyl (C=O) groups is 3. The fraction of sp³-hybridized carbons (Fsp3) is 0.864. The van der Waals surface area contributed by atoms with Gasteiger partial charge in [-0.1, -0.05) is 33.6 Å². The number of rotatable bonds is 9. The Labute approximate surface area is 179 Å². The molecule has 3 aliphatic rings. The SMILES string of the molecule is CCCCCNC(=O)C1N([C@@H](CC)CO)C(=O)[C@@H]2[C@@H](C(=O)NC)[C@]3(C)OC12CC3C. The first-order valence-electron chi connectivity index (χ1n) is 11.4. The minimum absolute atomic E-state index is 0.0217. The third-order valence-corrected chi connectivity index (χ3v) is 7.68. The Morgan fingerprint density at radius 1 is 1.30 bits per heavy atom. The summed E-state index contributed by atoms with van der Waals surface area (Å²) in [5, 5.41) is 15.6. The molecule has 0 aliphatic carbocycles. The molecule has 0 aromatic heterocycles. The van der Waals surface area contributed by atoms with E-state index in [1.807, 2.05) is 20.8 Å². The zero-order valence-corrected chi connectivity index (χ0v) is 18.9. The smallest absolute Gasteiger partial charge is 0.245 e. The maximum Gasteiger partial charge on any atom is 0.245 e. The first kappa shape index (κ1) is 23.0. The van der Waals surface area contributed by atoms with Gasteiger partial charge in [-0.05, 0) is 32.1 Å². The number of carbonyl (C=O) groups excluding carboxylic acids is 3. The van der Waals surface area contributed by atoms with E-state index in [9.17, 15) is 19.5 Å². The van der Waals surface area contributed by atoms with Gasteiger partial charge in [0.1, 0.15) is 11.6 Å². The standard InChI is InChI=1S/C22H37N3O5/c1-6-8-9-10-24-19(28)17-22-11-13(3)21(4,30-22)15(18(27)23-5)16(22)20(29)25(17)14(7-2)12-26/h13-17,26H,6-12H2,1-5H3,(H,23,27)(H,24,28)/t13?,14-,15-,16-,17?,21+,22?/m0/s1. The van der Waals surface area contributed by atoms with Gasteiger partial charge in [0.15, 0.2) is 0 Å². The lowest BCUT2D eigenvalue weighted by molar-refractivity contribution is -0.150. The van der Waals surface area contributed by atoms with Crippen LogP contribution >= 0.6 is 0 Å². The zero-order valence-electron chi connectivity index (χ0n) is 18.9. The van der Waals surface area contributed by atoms with Crippen LogP contribution in [-0.4, -0.2) is 71.2 Å². The summed E-state index contributed by atoms with van der Waals surface area (Å²) in [7, 11) is 1.56. The average molecular weight is 424 g/mol. The Morgan fingerprint density at radius 2 is 2.00 bits per heavy atom. The zero-order chi connectivity index (χ0) is 22.3. The van der Waals surface area contributed by atoms with Gasteiger partial charge in [0, 0.05) is 13.6 Å². The number of aliphatic hydroxyl groups is 1. The largest absolute Gasteiger partial charge is 0.394 e. The van der Waals surface area contributed by atoms with Gasteiger partial charge in [0.25, 0.3) is 0 Å². The van der Waals surface area contributed by atoms with Crippen molar-refractivity contribution in [2.45, 2.75) is 83.1 Å². The summed E-state index contributed by atoms with van der Waals surface area (Å²) in [6.45, 7) is 8.20. The van der Waals surface area contributed by atoms with Gasteiger partial charge in [-0.25, -0.2) is 0 Å². The van der Waals surface area contributed by atoms with Crippen LogP contribution in [0.5, 0.6) is 0 Å². The molecule has 0 saturated carbocycles. The maximum absolute atomic E-state index is 13.7. The van der Waals surface area contributed by atoms with E-state index < -0.39 is 35.1 Å². The molecule has 30 heavy (non-hydrogen) atoms. The minimum atomic E-state index is -1.04. The second kappa shape index (κ2) is 8.46. The lowest BCUT2D eigenvalue weighted by atomic mass is 9.62. The van der Waals surface area contributed by atoms with E-state index in [-0.39, 0.29) is 30.2 Å².